The number of nitrogens with one attached hydrogen (secondary N) is 1. The first kappa shape index (κ1) is 18.1. The first-order chi connectivity index (χ1) is 8.59. The highest BCUT2D eigenvalue weighted by molar-refractivity contribution is 7.86. The van der Waals surface area contributed by atoms with Crippen molar-refractivity contribution in [2.75, 3.05) is 32.9 Å². The fraction of sp³-hybridized carbons (Fsp3) is 0.750. The van der Waals surface area contributed by atoms with Crippen molar-refractivity contribution in [2.24, 2.45) is 0 Å². The topological polar surface area (TPSA) is 72.5 Å². The Hall–Kier alpha value is -0.920. The van der Waals surface area contributed by atoms with Crippen LogP contribution < -0.4 is 5.32 Å². The van der Waals surface area contributed by atoms with Crippen molar-refractivity contribution < 1.29 is 22.1 Å². The molecular formula is C12H25N2O4S+. The van der Waals surface area contributed by atoms with E-state index in [-0.39, 0.29) is 16.3 Å². The van der Waals surface area contributed by atoms with E-state index in [1.54, 1.807) is 27.9 Å². The third kappa shape index (κ3) is 8.74. The largest absolute Gasteiger partial charge is 0.352 e. The number of quaternary nitrogens is 1. The second-order valence-electron chi connectivity index (χ2n) is 5.02. The van der Waals surface area contributed by atoms with Gasteiger partial charge in [0, 0.05) is 18.5 Å². The van der Waals surface area contributed by atoms with E-state index in [4.69, 9.17) is 4.28 Å². The number of hydrogen-bond donors (Lipinski definition) is 1. The van der Waals surface area contributed by atoms with E-state index in [1.807, 2.05) is 0 Å². The molecule has 0 aromatic carbocycles. The van der Waals surface area contributed by atoms with Crippen LogP contribution in [0.1, 0.15) is 26.7 Å². The molecule has 0 saturated heterocycles. The zero-order valence-corrected chi connectivity index (χ0v) is 13.0. The van der Waals surface area contributed by atoms with E-state index in [2.05, 4.69) is 11.9 Å². The summed E-state index contributed by atoms with van der Waals surface area (Å²) in [7, 11) is -0.137. The molecule has 0 fully saturated rings. The third-order valence-electron chi connectivity index (χ3n) is 2.32. The summed E-state index contributed by atoms with van der Waals surface area (Å²) in [6.07, 6.45) is 1.14. The van der Waals surface area contributed by atoms with Gasteiger partial charge in [0.05, 0.1) is 19.8 Å². The van der Waals surface area contributed by atoms with E-state index in [0.717, 1.165) is 0 Å². The van der Waals surface area contributed by atoms with Crippen LogP contribution >= 0.6 is 0 Å². The molecule has 1 N–H and O–H groups in total. The van der Waals surface area contributed by atoms with Crippen LogP contribution in [-0.4, -0.2) is 51.9 Å². The van der Waals surface area contributed by atoms with Crippen molar-refractivity contribution in [1.82, 2.24) is 5.32 Å². The fourth-order valence-corrected chi connectivity index (χ4v) is 2.71. The average Bonchev–Trinajstić information content (AvgIpc) is 2.21. The second-order valence-corrected chi connectivity index (χ2v) is 6.70. The minimum Gasteiger partial charge on any atom is -0.352 e. The van der Waals surface area contributed by atoms with E-state index >= 15 is 0 Å². The molecule has 0 radical (unpaired) electrons. The van der Waals surface area contributed by atoms with Gasteiger partial charge in [0.1, 0.15) is 6.54 Å². The van der Waals surface area contributed by atoms with Crippen molar-refractivity contribution in [3.05, 3.63) is 12.2 Å². The Morgan fingerprint density at radius 3 is 2.42 bits per heavy atom. The molecule has 19 heavy (non-hydrogen) atoms. The smallest absolute Gasteiger partial charge is 0.314 e. The van der Waals surface area contributed by atoms with Crippen LogP contribution in [0.5, 0.6) is 0 Å². The van der Waals surface area contributed by atoms with E-state index in [1.165, 1.54) is 0 Å². The van der Waals surface area contributed by atoms with Crippen molar-refractivity contribution >= 4 is 16.0 Å². The van der Waals surface area contributed by atoms with Crippen molar-refractivity contribution in [3.63, 3.8) is 0 Å². The summed E-state index contributed by atoms with van der Waals surface area (Å²) in [5.41, 5.74) is 0.454. The Morgan fingerprint density at radius 2 is 1.95 bits per heavy atom. The molecule has 0 spiro atoms. The van der Waals surface area contributed by atoms with Crippen LogP contribution in [0.15, 0.2) is 12.2 Å². The summed E-state index contributed by atoms with van der Waals surface area (Å²) >= 11 is 0. The molecule has 0 bridgehead atoms. The Kier molecular flexibility index (Phi) is 7.25. The van der Waals surface area contributed by atoms with Crippen molar-refractivity contribution in [3.8, 4) is 0 Å². The number of nitrogens with zero attached hydrogens (tertiary/aromatic N) is 1. The Labute approximate surface area is 116 Å². The van der Waals surface area contributed by atoms with Crippen LogP contribution in [0.2, 0.25) is 0 Å². The molecule has 0 saturated carbocycles. The average molecular weight is 293 g/mol. The second kappa shape index (κ2) is 7.62. The molecule has 1 amide bonds. The van der Waals surface area contributed by atoms with Crippen LogP contribution in [0.4, 0.5) is 0 Å². The molecule has 0 aliphatic rings. The van der Waals surface area contributed by atoms with Gasteiger partial charge in [0.25, 0.3) is 0 Å². The molecule has 7 heteroatoms. The maximum absolute atomic E-state index is 11.6. The Bertz CT molecular complexity index is 415. The summed E-state index contributed by atoms with van der Waals surface area (Å²) < 4.78 is 28.1. The molecule has 0 aromatic heterocycles. The van der Waals surface area contributed by atoms with Gasteiger partial charge in [-0.3, -0.25) is 4.79 Å². The molecule has 0 rings (SSSR count). The normalized spacial score (nSPS) is 12.2. The number of hydroxylamine groups is 3. The van der Waals surface area contributed by atoms with Crippen LogP contribution in [0.25, 0.3) is 0 Å². The molecule has 0 aliphatic carbocycles. The van der Waals surface area contributed by atoms with Gasteiger partial charge >= 0.3 is 10.1 Å². The predicted octanol–water partition coefficient (Wildman–Crippen LogP) is 0.817. The van der Waals surface area contributed by atoms with Gasteiger partial charge in [-0.2, -0.15) is 13.1 Å². The van der Waals surface area contributed by atoms with Gasteiger partial charge < -0.3 is 5.32 Å². The first-order valence-electron chi connectivity index (χ1n) is 6.30. The lowest BCUT2D eigenvalue weighted by Gasteiger charge is -2.25. The molecule has 0 aromatic rings. The molecule has 112 valence electrons. The van der Waals surface area contributed by atoms with Crippen LogP contribution in [0, 0.1) is 0 Å². The van der Waals surface area contributed by atoms with Gasteiger partial charge in [0.2, 0.25) is 5.91 Å². The lowest BCUT2D eigenvalue weighted by atomic mass is 10.3. The molecule has 6 nitrogen and oxygen atoms in total. The summed E-state index contributed by atoms with van der Waals surface area (Å²) in [6.45, 7) is 7.90. The third-order valence-corrected chi connectivity index (χ3v) is 3.85. The maximum atomic E-state index is 11.6. The fourth-order valence-electron chi connectivity index (χ4n) is 1.44. The van der Waals surface area contributed by atoms with E-state index < -0.39 is 10.1 Å². The zero-order valence-electron chi connectivity index (χ0n) is 12.2. The van der Waals surface area contributed by atoms with Gasteiger partial charge in [0.15, 0.2) is 0 Å². The van der Waals surface area contributed by atoms with Gasteiger partial charge in [-0.1, -0.05) is 17.8 Å². The number of carbonyl (C=O) groups is 1. The molecule has 0 heterocycles. The summed E-state index contributed by atoms with van der Waals surface area (Å²) in [6, 6.07) is 0. The SMILES string of the molecule is C=C(C)C(=O)NCCC[N+](C)(C)OS(=O)(=O)CCC. The zero-order chi connectivity index (χ0) is 15.1. The first-order valence-corrected chi connectivity index (χ1v) is 7.88. The molecule has 0 aliphatic heterocycles. The minimum atomic E-state index is -3.49. The van der Waals surface area contributed by atoms with E-state index in [9.17, 15) is 13.2 Å². The molecular weight excluding hydrogens is 268 g/mol. The van der Waals surface area contributed by atoms with Crippen LogP contribution in [0.3, 0.4) is 0 Å². The highest BCUT2D eigenvalue weighted by Crippen LogP contribution is 2.08. The Balaban J connectivity index is 4.11. The lowest BCUT2D eigenvalue weighted by molar-refractivity contribution is -1.05. The summed E-state index contributed by atoms with van der Waals surface area (Å²) in [5.74, 6) is -0.175. The quantitative estimate of drug-likeness (QED) is 0.296. The Morgan fingerprint density at radius 1 is 1.37 bits per heavy atom. The van der Waals surface area contributed by atoms with Gasteiger partial charge in [-0.15, -0.1) is 0 Å². The molecule has 0 unspecified atom stereocenters. The number of hydrogen-bond acceptors (Lipinski definition) is 4. The summed E-state index contributed by atoms with van der Waals surface area (Å²) in [4.78, 5) is 11.2. The van der Waals surface area contributed by atoms with Crippen molar-refractivity contribution in [1.29, 1.82) is 0 Å². The highest BCUT2D eigenvalue weighted by Gasteiger charge is 2.25. The maximum Gasteiger partial charge on any atom is 0.314 e. The standard InChI is InChI=1S/C12H24N2O4S/c1-6-10-19(16,17)18-14(4,5)9-7-8-13-12(15)11(2)3/h2,6-10H2,1,3-5H3/p+1. The van der Waals surface area contributed by atoms with Gasteiger partial charge in [-0.05, 0) is 13.3 Å². The molecule has 0 atom stereocenters. The van der Waals surface area contributed by atoms with E-state index in [0.29, 0.717) is 31.5 Å². The number of carbonyl (C=O) groups excluding carboxylic acids is 1. The number of rotatable bonds is 9. The van der Waals surface area contributed by atoms with Gasteiger partial charge in [-0.25, -0.2) is 0 Å². The summed E-state index contributed by atoms with van der Waals surface area (Å²) in [5, 5.41) is 2.69. The number of amides is 1. The highest BCUT2D eigenvalue weighted by atomic mass is 32.2. The van der Waals surface area contributed by atoms with Crippen LogP contribution in [-0.2, 0) is 19.2 Å². The predicted molar refractivity (Wildman–Crippen MR) is 74.6 cm³/mol. The lowest BCUT2D eigenvalue weighted by Crippen LogP contribution is -2.44. The van der Waals surface area contributed by atoms with Crippen molar-refractivity contribution in [2.45, 2.75) is 26.7 Å². The monoisotopic (exact) mass is 293 g/mol. The minimum absolute atomic E-state index is 0.0150.